The highest BCUT2D eigenvalue weighted by Crippen LogP contribution is 2.29. The molecular weight excluding hydrogens is 495 g/mol. The number of benzene rings is 2. The smallest absolute Gasteiger partial charge is 0.311 e. The molecule has 2 aromatic heterocycles. The average Bonchev–Trinajstić information content (AvgIpc) is 3.42. The van der Waals surface area contributed by atoms with Crippen molar-refractivity contribution in [3.63, 3.8) is 0 Å². The fourth-order valence-electron chi connectivity index (χ4n) is 3.36. The van der Waals surface area contributed by atoms with E-state index in [2.05, 4.69) is 10.4 Å². The molecular formula is C24H20Cl2N4O5. The van der Waals surface area contributed by atoms with Crippen LogP contribution in [0.15, 0.2) is 59.0 Å². The summed E-state index contributed by atoms with van der Waals surface area (Å²) in [7, 11) is 0. The van der Waals surface area contributed by atoms with Crippen LogP contribution in [0, 0.1) is 24.0 Å². The number of nitro benzene ring substituents is 1. The first-order chi connectivity index (χ1) is 16.7. The zero-order valence-corrected chi connectivity index (χ0v) is 20.3. The number of carbonyl (C=O) groups excluding carboxylic acids is 1. The van der Waals surface area contributed by atoms with Crippen LogP contribution in [-0.4, -0.2) is 20.6 Å². The zero-order chi connectivity index (χ0) is 25.1. The molecule has 0 unspecified atom stereocenters. The molecule has 0 radical (unpaired) electrons. The molecule has 0 saturated carbocycles. The van der Waals surface area contributed by atoms with Gasteiger partial charge >= 0.3 is 5.69 Å². The molecule has 180 valence electrons. The second-order valence-corrected chi connectivity index (χ2v) is 8.58. The van der Waals surface area contributed by atoms with Gasteiger partial charge in [-0.25, -0.2) is 0 Å². The van der Waals surface area contributed by atoms with Crippen LogP contribution in [-0.2, 0) is 13.2 Å². The van der Waals surface area contributed by atoms with Gasteiger partial charge in [-0.05, 0) is 49.7 Å². The second kappa shape index (κ2) is 10.2. The third-order valence-corrected chi connectivity index (χ3v) is 5.87. The van der Waals surface area contributed by atoms with E-state index in [-0.39, 0.29) is 23.8 Å². The van der Waals surface area contributed by atoms with Crippen LogP contribution in [0.25, 0.3) is 0 Å². The minimum atomic E-state index is -0.510. The van der Waals surface area contributed by atoms with Crippen molar-refractivity contribution in [1.29, 1.82) is 0 Å². The Morgan fingerprint density at radius 2 is 1.89 bits per heavy atom. The van der Waals surface area contributed by atoms with Gasteiger partial charge in [-0.15, -0.1) is 0 Å². The number of amides is 1. The fraction of sp³-hybridized carbons (Fsp3) is 0.167. The number of carbonyl (C=O) groups is 1. The molecule has 0 aliphatic carbocycles. The van der Waals surface area contributed by atoms with Gasteiger partial charge in [0.05, 0.1) is 11.5 Å². The summed E-state index contributed by atoms with van der Waals surface area (Å²) in [6.07, 6.45) is 0. The number of furan rings is 1. The number of nitrogens with one attached hydrogen (secondary N) is 1. The molecule has 1 N–H and O–H groups in total. The maximum Gasteiger partial charge on any atom is 0.311 e. The number of hydrogen-bond acceptors (Lipinski definition) is 6. The number of ether oxygens (including phenoxy) is 1. The first kappa shape index (κ1) is 24.3. The number of nitrogens with zero attached hydrogens (tertiary/aromatic N) is 3. The minimum absolute atomic E-state index is 0.0448. The van der Waals surface area contributed by atoms with Crippen LogP contribution in [0.4, 0.5) is 11.5 Å². The van der Waals surface area contributed by atoms with Crippen LogP contribution in [0.5, 0.6) is 5.75 Å². The normalized spacial score (nSPS) is 10.9. The number of aryl methyl sites for hydroxylation is 2. The van der Waals surface area contributed by atoms with Gasteiger partial charge in [-0.2, -0.15) is 5.10 Å². The van der Waals surface area contributed by atoms with Crippen molar-refractivity contribution in [1.82, 2.24) is 9.78 Å². The van der Waals surface area contributed by atoms with Crippen molar-refractivity contribution in [3.05, 3.63) is 103 Å². The van der Waals surface area contributed by atoms with Crippen LogP contribution in [0.1, 0.15) is 33.1 Å². The second-order valence-electron chi connectivity index (χ2n) is 7.77. The van der Waals surface area contributed by atoms with E-state index in [0.717, 1.165) is 16.8 Å². The van der Waals surface area contributed by atoms with E-state index < -0.39 is 10.8 Å². The lowest BCUT2D eigenvalue weighted by Gasteiger charge is -2.08. The van der Waals surface area contributed by atoms with Crippen molar-refractivity contribution >= 4 is 40.6 Å². The Balaban J connectivity index is 1.41. The van der Waals surface area contributed by atoms with Gasteiger partial charge in [0, 0.05) is 33.4 Å². The van der Waals surface area contributed by atoms with Gasteiger partial charge in [0.15, 0.2) is 17.3 Å². The molecule has 2 aromatic carbocycles. The fourth-order valence-corrected chi connectivity index (χ4v) is 3.88. The lowest BCUT2D eigenvalue weighted by atomic mass is 10.2. The molecule has 0 aliphatic heterocycles. The Morgan fingerprint density at radius 1 is 1.14 bits per heavy atom. The molecule has 0 spiro atoms. The van der Waals surface area contributed by atoms with Gasteiger partial charge in [0.2, 0.25) is 0 Å². The maximum absolute atomic E-state index is 12.6. The van der Waals surface area contributed by atoms with E-state index in [0.29, 0.717) is 28.2 Å². The molecule has 11 heteroatoms. The van der Waals surface area contributed by atoms with Crippen LogP contribution >= 0.6 is 23.2 Å². The van der Waals surface area contributed by atoms with Gasteiger partial charge in [0.1, 0.15) is 12.4 Å². The number of hydrogen-bond donors (Lipinski definition) is 1. The quantitative estimate of drug-likeness (QED) is 0.221. The van der Waals surface area contributed by atoms with Gasteiger partial charge in [0.25, 0.3) is 5.91 Å². The van der Waals surface area contributed by atoms with E-state index in [1.807, 2.05) is 6.92 Å². The van der Waals surface area contributed by atoms with Gasteiger partial charge in [-0.3, -0.25) is 19.6 Å². The highest BCUT2D eigenvalue weighted by Gasteiger charge is 2.18. The molecule has 0 aliphatic rings. The third kappa shape index (κ3) is 5.64. The van der Waals surface area contributed by atoms with Crippen molar-refractivity contribution in [2.75, 3.05) is 5.32 Å². The molecule has 0 bridgehead atoms. The summed E-state index contributed by atoms with van der Waals surface area (Å²) >= 11 is 12.5. The monoisotopic (exact) mass is 514 g/mol. The third-order valence-electron chi connectivity index (χ3n) is 5.16. The molecule has 0 atom stereocenters. The van der Waals surface area contributed by atoms with Gasteiger partial charge < -0.3 is 14.5 Å². The largest absolute Gasteiger partial charge is 0.479 e. The van der Waals surface area contributed by atoms with Crippen molar-refractivity contribution in [2.24, 2.45) is 0 Å². The first-order valence-electron chi connectivity index (χ1n) is 10.5. The van der Waals surface area contributed by atoms with E-state index in [9.17, 15) is 14.9 Å². The molecule has 1 amide bonds. The summed E-state index contributed by atoms with van der Waals surface area (Å²) in [6, 6.07) is 14.7. The van der Waals surface area contributed by atoms with Crippen LogP contribution in [0.3, 0.4) is 0 Å². The summed E-state index contributed by atoms with van der Waals surface area (Å²) in [5.74, 6) is 0.323. The van der Waals surface area contributed by atoms with Crippen LogP contribution in [0.2, 0.25) is 10.0 Å². The topological polar surface area (TPSA) is 112 Å². The number of anilines is 1. The summed E-state index contributed by atoms with van der Waals surface area (Å²) < 4.78 is 12.8. The Hall–Kier alpha value is -3.82. The summed E-state index contributed by atoms with van der Waals surface area (Å²) in [4.78, 5) is 23.4. The maximum atomic E-state index is 12.6. The molecule has 9 nitrogen and oxygen atoms in total. The predicted molar refractivity (Wildman–Crippen MR) is 131 cm³/mol. The predicted octanol–water partition coefficient (Wildman–Crippen LogP) is 6.19. The number of halogens is 2. The van der Waals surface area contributed by atoms with E-state index in [1.165, 1.54) is 18.2 Å². The Bertz CT molecular complexity index is 1390. The Morgan fingerprint density at radius 3 is 2.60 bits per heavy atom. The average molecular weight is 515 g/mol. The zero-order valence-electron chi connectivity index (χ0n) is 18.7. The first-order valence-corrected chi connectivity index (χ1v) is 11.2. The summed E-state index contributed by atoms with van der Waals surface area (Å²) in [6.45, 7) is 3.86. The number of nitro groups is 1. The molecule has 4 rings (SSSR count). The van der Waals surface area contributed by atoms with Crippen molar-refractivity contribution < 1.29 is 18.9 Å². The van der Waals surface area contributed by atoms with Crippen LogP contribution < -0.4 is 10.1 Å². The molecule has 2 heterocycles. The van der Waals surface area contributed by atoms with Gasteiger partial charge in [-0.1, -0.05) is 35.3 Å². The standard InChI is InChI=1S/C24H20Cl2N4O5/c1-14-6-8-21(20(10-14)30(32)33)34-13-16-7-9-22(35-16)24(31)27-23-11-15(2)29(28-23)12-17-18(25)4-3-5-19(17)26/h3-11H,12-13H2,1-2H3,(H,27,28,31). The Kier molecular flexibility index (Phi) is 7.09. The molecule has 35 heavy (non-hydrogen) atoms. The highest BCUT2D eigenvalue weighted by molar-refractivity contribution is 6.35. The number of aromatic nitrogens is 2. The SMILES string of the molecule is Cc1ccc(OCc2ccc(C(=O)Nc3cc(C)n(Cc4c(Cl)cccc4Cl)n3)o2)c([N+](=O)[O-])c1. The van der Waals surface area contributed by atoms with E-state index in [1.54, 1.807) is 48.0 Å². The van der Waals surface area contributed by atoms with E-state index >= 15 is 0 Å². The summed E-state index contributed by atoms with van der Waals surface area (Å²) in [5, 5.41) is 19.4. The highest BCUT2D eigenvalue weighted by atomic mass is 35.5. The lowest BCUT2D eigenvalue weighted by molar-refractivity contribution is -0.386. The lowest BCUT2D eigenvalue weighted by Crippen LogP contribution is -2.12. The Labute approximate surface area is 210 Å². The molecule has 0 saturated heterocycles. The minimum Gasteiger partial charge on any atom is -0.479 e. The molecule has 4 aromatic rings. The van der Waals surface area contributed by atoms with Crippen molar-refractivity contribution in [3.8, 4) is 5.75 Å². The summed E-state index contributed by atoms with van der Waals surface area (Å²) in [5.41, 5.74) is 2.13. The van der Waals surface area contributed by atoms with E-state index in [4.69, 9.17) is 32.4 Å². The van der Waals surface area contributed by atoms with Crippen molar-refractivity contribution in [2.45, 2.75) is 27.0 Å². The molecule has 0 fully saturated rings. The number of rotatable bonds is 8.